The number of rotatable bonds is 4. The lowest BCUT2D eigenvalue weighted by Crippen LogP contribution is -2.48. The highest BCUT2D eigenvalue weighted by atomic mass is 16.5. The minimum Gasteiger partial charge on any atom is -0.338 e. The predicted molar refractivity (Wildman–Crippen MR) is 83.8 cm³/mol. The third-order valence-electron chi connectivity index (χ3n) is 3.93. The smallest absolute Gasteiger partial charge is 0.255 e. The Morgan fingerprint density at radius 3 is 2.70 bits per heavy atom. The molecule has 0 aliphatic carbocycles. The van der Waals surface area contributed by atoms with Gasteiger partial charge in [0.25, 0.3) is 5.91 Å². The second-order valence-electron chi connectivity index (χ2n) is 6.01. The summed E-state index contributed by atoms with van der Waals surface area (Å²) in [5.41, 5.74) is 0.638. The van der Waals surface area contributed by atoms with E-state index in [9.17, 15) is 4.79 Å². The molecular formula is C16H21N5O2. The molecule has 1 aliphatic heterocycles. The molecule has 1 aliphatic rings. The van der Waals surface area contributed by atoms with Gasteiger partial charge in [-0.1, -0.05) is 19.0 Å². The summed E-state index contributed by atoms with van der Waals surface area (Å²) in [6, 6.07) is 3.58. The molecule has 1 saturated heterocycles. The van der Waals surface area contributed by atoms with Crippen molar-refractivity contribution in [1.82, 2.24) is 24.9 Å². The number of carbonyl (C=O) groups excluding carboxylic acids is 1. The Hall–Kier alpha value is -2.28. The van der Waals surface area contributed by atoms with Crippen LogP contribution in [0.5, 0.6) is 0 Å². The van der Waals surface area contributed by atoms with Gasteiger partial charge in [-0.2, -0.15) is 4.98 Å². The van der Waals surface area contributed by atoms with Crippen LogP contribution < -0.4 is 0 Å². The quantitative estimate of drug-likeness (QED) is 0.852. The van der Waals surface area contributed by atoms with Gasteiger partial charge in [0, 0.05) is 44.5 Å². The second kappa shape index (κ2) is 6.87. The van der Waals surface area contributed by atoms with Crippen molar-refractivity contribution < 1.29 is 9.32 Å². The van der Waals surface area contributed by atoms with Gasteiger partial charge in [0.1, 0.15) is 0 Å². The molecule has 0 radical (unpaired) electrons. The number of carbonyl (C=O) groups is 1. The number of pyridine rings is 1. The lowest BCUT2D eigenvalue weighted by molar-refractivity contribution is 0.0614. The Morgan fingerprint density at radius 1 is 1.30 bits per heavy atom. The van der Waals surface area contributed by atoms with E-state index in [1.807, 2.05) is 18.7 Å². The zero-order valence-corrected chi connectivity index (χ0v) is 13.5. The van der Waals surface area contributed by atoms with Crippen LogP contribution in [0.4, 0.5) is 0 Å². The molecule has 122 valence electrons. The highest BCUT2D eigenvalue weighted by molar-refractivity contribution is 5.93. The van der Waals surface area contributed by atoms with Crippen LogP contribution in [-0.4, -0.2) is 57.0 Å². The molecule has 7 nitrogen and oxygen atoms in total. The van der Waals surface area contributed by atoms with Gasteiger partial charge < -0.3 is 9.42 Å². The van der Waals surface area contributed by atoms with E-state index in [-0.39, 0.29) is 11.8 Å². The molecule has 2 aromatic rings. The Labute approximate surface area is 135 Å². The largest absolute Gasteiger partial charge is 0.338 e. The first-order valence-electron chi connectivity index (χ1n) is 7.87. The molecule has 23 heavy (non-hydrogen) atoms. The molecule has 1 amide bonds. The van der Waals surface area contributed by atoms with Gasteiger partial charge in [-0.3, -0.25) is 14.7 Å². The molecule has 3 rings (SSSR count). The zero-order chi connectivity index (χ0) is 16.2. The average Bonchev–Trinajstić information content (AvgIpc) is 3.04. The van der Waals surface area contributed by atoms with Crippen LogP contribution in [-0.2, 0) is 6.54 Å². The first-order chi connectivity index (χ1) is 11.1. The SMILES string of the molecule is CC(C)c1noc(CN2CCN(C(=O)c3cccnc3)CC2)n1. The number of hydrogen-bond donors (Lipinski definition) is 0. The van der Waals surface area contributed by atoms with E-state index in [1.54, 1.807) is 24.5 Å². The van der Waals surface area contributed by atoms with Crippen molar-refractivity contribution in [3.05, 3.63) is 41.8 Å². The van der Waals surface area contributed by atoms with Crippen LogP contribution in [0.1, 0.15) is 41.8 Å². The van der Waals surface area contributed by atoms with E-state index in [0.717, 1.165) is 18.9 Å². The first kappa shape index (κ1) is 15.6. The van der Waals surface area contributed by atoms with Crippen molar-refractivity contribution in [3.8, 4) is 0 Å². The van der Waals surface area contributed by atoms with Gasteiger partial charge in [-0.15, -0.1) is 0 Å². The topological polar surface area (TPSA) is 75.4 Å². The second-order valence-corrected chi connectivity index (χ2v) is 6.01. The van der Waals surface area contributed by atoms with Crippen molar-refractivity contribution in [2.24, 2.45) is 0 Å². The van der Waals surface area contributed by atoms with Crippen molar-refractivity contribution in [3.63, 3.8) is 0 Å². The fourth-order valence-corrected chi connectivity index (χ4v) is 2.54. The van der Waals surface area contributed by atoms with Crippen molar-refractivity contribution >= 4 is 5.91 Å². The van der Waals surface area contributed by atoms with Crippen molar-refractivity contribution in [1.29, 1.82) is 0 Å². The Balaban J connectivity index is 1.53. The number of amides is 1. The number of hydrogen-bond acceptors (Lipinski definition) is 6. The van der Waals surface area contributed by atoms with E-state index in [0.29, 0.717) is 31.1 Å². The molecule has 0 unspecified atom stereocenters. The maximum absolute atomic E-state index is 12.4. The summed E-state index contributed by atoms with van der Waals surface area (Å²) in [6.45, 7) is 7.69. The first-order valence-corrected chi connectivity index (χ1v) is 7.87. The summed E-state index contributed by atoms with van der Waals surface area (Å²) in [7, 11) is 0. The summed E-state index contributed by atoms with van der Waals surface area (Å²) in [4.78, 5) is 24.9. The summed E-state index contributed by atoms with van der Waals surface area (Å²) in [5.74, 6) is 1.69. The van der Waals surface area contributed by atoms with Crippen LogP contribution in [0.2, 0.25) is 0 Å². The van der Waals surface area contributed by atoms with E-state index < -0.39 is 0 Å². The Bertz CT molecular complexity index is 648. The van der Waals surface area contributed by atoms with E-state index >= 15 is 0 Å². The average molecular weight is 315 g/mol. The van der Waals surface area contributed by atoms with E-state index in [1.165, 1.54) is 0 Å². The van der Waals surface area contributed by atoms with E-state index in [2.05, 4.69) is 20.0 Å². The molecule has 3 heterocycles. The molecule has 0 saturated carbocycles. The Kier molecular flexibility index (Phi) is 4.66. The molecule has 1 fully saturated rings. The fourth-order valence-electron chi connectivity index (χ4n) is 2.54. The van der Waals surface area contributed by atoms with Gasteiger partial charge in [0.2, 0.25) is 5.89 Å². The van der Waals surface area contributed by atoms with Gasteiger partial charge in [0.15, 0.2) is 5.82 Å². The molecule has 2 aromatic heterocycles. The zero-order valence-electron chi connectivity index (χ0n) is 13.5. The minimum atomic E-state index is 0.0395. The summed E-state index contributed by atoms with van der Waals surface area (Å²) < 4.78 is 5.28. The highest BCUT2D eigenvalue weighted by Gasteiger charge is 2.23. The lowest BCUT2D eigenvalue weighted by Gasteiger charge is -2.33. The molecule has 0 N–H and O–H groups in total. The van der Waals surface area contributed by atoms with Crippen molar-refractivity contribution in [2.45, 2.75) is 26.3 Å². The fraction of sp³-hybridized carbons (Fsp3) is 0.500. The van der Waals surface area contributed by atoms with E-state index in [4.69, 9.17) is 4.52 Å². The number of piperazine rings is 1. The standard InChI is InChI=1S/C16H21N5O2/c1-12(2)15-18-14(23-19-15)11-20-6-8-21(9-7-20)16(22)13-4-3-5-17-10-13/h3-5,10,12H,6-9,11H2,1-2H3. The lowest BCUT2D eigenvalue weighted by atomic mass is 10.2. The number of nitrogens with zero attached hydrogens (tertiary/aromatic N) is 5. The molecule has 0 bridgehead atoms. The van der Waals surface area contributed by atoms with Gasteiger partial charge in [-0.05, 0) is 12.1 Å². The third-order valence-corrected chi connectivity index (χ3v) is 3.93. The van der Waals surface area contributed by atoms with Crippen LogP contribution in [0, 0.1) is 0 Å². The Morgan fingerprint density at radius 2 is 2.09 bits per heavy atom. The highest BCUT2D eigenvalue weighted by Crippen LogP contribution is 2.13. The van der Waals surface area contributed by atoms with Crippen LogP contribution in [0.15, 0.2) is 29.0 Å². The van der Waals surface area contributed by atoms with Gasteiger partial charge >= 0.3 is 0 Å². The number of aromatic nitrogens is 3. The van der Waals surface area contributed by atoms with Crippen LogP contribution in [0.25, 0.3) is 0 Å². The third kappa shape index (κ3) is 3.73. The summed E-state index contributed by atoms with van der Waals surface area (Å²) >= 11 is 0. The van der Waals surface area contributed by atoms with Gasteiger partial charge in [-0.25, -0.2) is 0 Å². The molecular weight excluding hydrogens is 294 g/mol. The van der Waals surface area contributed by atoms with Crippen LogP contribution in [0.3, 0.4) is 0 Å². The summed E-state index contributed by atoms with van der Waals surface area (Å²) in [5, 5.41) is 3.98. The minimum absolute atomic E-state index is 0.0395. The van der Waals surface area contributed by atoms with Crippen LogP contribution >= 0.6 is 0 Å². The van der Waals surface area contributed by atoms with Crippen molar-refractivity contribution in [2.75, 3.05) is 26.2 Å². The molecule has 7 heteroatoms. The van der Waals surface area contributed by atoms with Gasteiger partial charge in [0.05, 0.1) is 12.1 Å². The molecule has 0 spiro atoms. The normalized spacial score (nSPS) is 16.0. The molecule has 0 aromatic carbocycles. The maximum Gasteiger partial charge on any atom is 0.255 e. The predicted octanol–water partition coefficient (Wildman–Crippen LogP) is 1.55. The molecule has 0 atom stereocenters. The monoisotopic (exact) mass is 315 g/mol. The summed E-state index contributed by atoms with van der Waals surface area (Å²) in [6.07, 6.45) is 3.28. The maximum atomic E-state index is 12.4.